The maximum absolute atomic E-state index is 12.4. The lowest BCUT2D eigenvalue weighted by molar-refractivity contribution is 0.103. The molecule has 94 valence electrons. The van der Waals surface area contributed by atoms with E-state index in [0.29, 0.717) is 16.3 Å². The molecule has 4 nitrogen and oxygen atoms in total. The quantitative estimate of drug-likeness (QED) is 0.726. The summed E-state index contributed by atoms with van der Waals surface area (Å²) < 4.78 is 0. The van der Waals surface area contributed by atoms with Crippen molar-refractivity contribution in [1.82, 2.24) is 9.97 Å². The summed E-state index contributed by atoms with van der Waals surface area (Å²) in [5, 5.41) is 0.867. The van der Waals surface area contributed by atoms with Crippen molar-refractivity contribution in [2.75, 3.05) is 5.73 Å². The Labute approximate surface area is 113 Å². The Bertz CT molecular complexity index is 765. The molecule has 0 aromatic carbocycles. The Morgan fingerprint density at radius 3 is 2.74 bits per heavy atom. The smallest absolute Gasteiger partial charge is 0.223 e. The fraction of sp³-hybridized carbons (Fsp3) is 0.0714. The van der Waals surface area contributed by atoms with Gasteiger partial charge in [-0.25, -0.2) is 4.98 Å². The number of pyridine rings is 2. The first kappa shape index (κ1) is 11.8. The number of aromatic nitrogens is 2. The number of carbonyl (C=O) groups excluding carboxylic acids is 1. The SMILES string of the molecule is Cc1ccnc2sc(C(=O)c3ccccn3)c(N)c12. The van der Waals surface area contributed by atoms with Crippen molar-refractivity contribution in [2.24, 2.45) is 0 Å². The van der Waals surface area contributed by atoms with Crippen LogP contribution in [-0.2, 0) is 0 Å². The Morgan fingerprint density at radius 2 is 2.05 bits per heavy atom. The zero-order chi connectivity index (χ0) is 13.4. The van der Waals surface area contributed by atoms with Crippen molar-refractivity contribution < 1.29 is 4.79 Å². The number of nitrogen functional groups attached to an aromatic ring is 1. The molecule has 3 aromatic rings. The van der Waals surface area contributed by atoms with Gasteiger partial charge < -0.3 is 5.73 Å². The monoisotopic (exact) mass is 269 g/mol. The maximum atomic E-state index is 12.4. The zero-order valence-corrected chi connectivity index (χ0v) is 11.1. The first-order valence-electron chi connectivity index (χ1n) is 5.78. The Kier molecular flexibility index (Phi) is 2.76. The molecule has 0 fully saturated rings. The number of hydrogen-bond acceptors (Lipinski definition) is 5. The van der Waals surface area contributed by atoms with Crippen LogP contribution in [0.3, 0.4) is 0 Å². The third-order valence-electron chi connectivity index (χ3n) is 2.94. The van der Waals surface area contributed by atoms with Gasteiger partial charge in [0.25, 0.3) is 0 Å². The van der Waals surface area contributed by atoms with Gasteiger partial charge in [-0.05, 0) is 30.7 Å². The minimum absolute atomic E-state index is 0.152. The lowest BCUT2D eigenvalue weighted by Gasteiger charge is -1.99. The van der Waals surface area contributed by atoms with Crippen LogP contribution in [0.4, 0.5) is 5.69 Å². The topological polar surface area (TPSA) is 68.9 Å². The van der Waals surface area contributed by atoms with Crippen molar-refractivity contribution in [3.63, 3.8) is 0 Å². The van der Waals surface area contributed by atoms with Crippen molar-refractivity contribution in [1.29, 1.82) is 0 Å². The Balaban J connectivity index is 2.19. The van der Waals surface area contributed by atoms with Gasteiger partial charge in [-0.1, -0.05) is 6.07 Å². The predicted octanol–water partition coefficient (Wildman–Crippen LogP) is 2.81. The average Bonchev–Trinajstić information content (AvgIpc) is 2.78. The van der Waals surface area contributed by atoms with Gasteiger partial charge in [0, 0.05) is 17.8 Å². The van der Waals surface area contributed by atoms with Crippen molar-refractivity contribution in [3.8, 4) is 0 Å². The lowest BCUT2D eigenvalue weighted by Crippen LogP contribution is -2.04. The normalized spacial score (nSPS) is 10.8. The number of hydrogen-bond donors (Lipinski definition) is 1. The molecule has 0 aliphatic carbocycles. The van der Waals surface area contributed by atoms with E-state index >= 15 is 0 Å². The van der Waals surface area contributed by atoms with Crippen LogP contribution in [0.25, 0.3) is 10.2 Å². The summed E-state index contributed by atoms with van der Waals surface area (Å²) in [5.41, 5.74) is 8.03. The molecular formula is C14H11N3OS. The minimum atomic E-state index is -0.152. The minimum Gasteiger partial charge on any atom is -0.397 e. The Hall–Kier alpha value is -2.27. The van der Waals surface area contributed by atoms with E-state index < -0.39 is 0 Å². The molecule has 0 aliphatic heterocycles. The number of nitrogens with zero attached hydrogens (tertiary/aromatic N) is 2. The number of aryl methyl sites for hydroxylation is 1. The maximum Gasteiger partial charge on any atom is 0.223 e. The van der Waals surface area contributed by atoms with Gasteiger partial charge in [0.05, 0.1) is 5.69 Å². The molecule has 19 heavy (non-hydrogen) atoms. The molecule has 3 heterocycles. The zero-order valence-electron chi connectivity index (χ0n) is 10.3. The average molecular weight is 269 g/mol. The van der Waals surface area contributed by atoms with Gasteiger partial charge in [0.15, 0.2) is 0 Å². The summed E-state index contributed by atoms with van der Waals surface area (Å²) in [5.74, 6) is -0.152. The summed E-state index contributed by atoms with van der Waals surface area (Å²) in [4.78, 5) is 22.0. The fourth-order valence-corrected chi connectivity index (χ4v) is 3.07. The molecule has 0 saturated carbocycles. The van der Waals surface area contributed by atoms with Crippen molar-refractivity contribution in [2.45, 2.75) is 6.92 Å². The van der Waals surface area contributed by atoms with Gasteiger partial charge >= 0.3 is 0 Å². The van der Waals surface area contributed by atoms with Gasteiger partial charge in [-0.3, -0.25) is 9.78 Å². The molecule has 0 bridgehead atoms. The van der Waals surface area contributed by atoms with Crippen LogP contribution in [0.2, 0.25) is 0 Å². The highest BCUT2D eigenvalue weighted by Crippen LogP contribution is 2.35. The highest BCUT2D eigenvalue weighted by molar-refractivity contribution is 7.21. The molecule has 0 unspecified atom stereocenters. The van der Waals surface area contributed by atoms with Crippen molar-refractivity contribution in [3.05, 3.63) is 52.8 Å². The predicted molar refractivity (Wildman–Crippen MR) is 76.4 cm³/mol. The van der Waals surface area contributed by atoms with Gasteiger partial charge in [0.1, 0.15) is 15.4 Å². The second-order valence-corrected chi connectivity index (χ2v) is 5.20. The molecule has 0 saturated heterocycles. The van der Waals surface area contributed by atoms with E-state index in [1.807, 2.05) is 13.0 Å². The van der Waals surface area contributed by atoms with Crippen LogP contribution >= 0.6 is 11.3 Å². The van der Waals surface area contributed by atoms with Crippen LogP contribution in [0.15, 0.2) is 36.7 Å². The summed E-state index contributed by atoms with van der Waals surface area (Å²) in [7, 11) is 0. The summed E-state index contributed by atoms with van der Waals surface area (Å²) in [6.45, 7) is 1.96. The molecule has 5 heteroatoms. The molecule has 3 aromatic heterocycles. The third-order valence-corrected chi connectivity index (χ3v) is 4.05. The molecule has 0 amide bonds. The fourth-order valence-electron chi connectivity index (χ4n) is 1.99. The second-order valence-electron chi connectivity index (χ2n) is 4.20. The highest BCUT2D eigenvalue weighted by Gasteiger charge is 2.20. The molecule has 0 radical (unpaired) electrons. The van der Waals surface area contributed by atoms with Crippen molar-refractivity contribution >= 4 is 33.0 Å². The highest BCUT2D eigenvalue weighted by atomic mass is 32.1. The molecule has 2 N–H and O–H groups in total. The molecule has 0 atom stereocenters. The van der Waals surface area contributed by atoms with Gasteiger partial charge in [-0.2, -0.15) is 0 Å². The summed E-state index contributed by atoms with van der Waals surface area (Å²) in [6, 6.07) is 7.14. The van der Waals surface area contributed by atoms with E-state index in [-0.39, 0.29) is 5.78 Å². The van der Waals surface area contributed by atoms with Crippen LogP contribution in [0.1, 0.15) is 20.9 Å². The number of fused-ring (bicyclic) bond motifs is 1. The largest absolute Gasteiger partial charge is 0.397 e. The van der Waals surface area contributed by atoms with Crippen LogP contribution in [0, 0.1) is 6.92 Å². The lowest BCUT2D eigenvalue weighted by atomic mass is 10.1. The number of rotatable bonds is 2. The van der Waals surface area contributed by atoms with Gasteiger partial charge in [-0.15, -0.1) is 11.3 Å². The van der Waals surface area contributed by atoms with Gasteiger partial charge in [0.2, 0.25) is 5.78 Å². The molecule has 0 aliphatic rings. The van der Waals surface area contributed by atoms with Crippen LogP contribution < -0.4 is 5.73 Å². The van der Waals surface area contributed by atoms with E-state index in [9.17, 15) is 4.79 Å². The van der Waals surface area contributed by atoms with E-state index in [2.05, 4.69) is 9.97 Å². The van der Waals surface area contributed by atoms with E-state index in [1.54, 1.807) is 30.6 Å². The number of nitrogens with two attached hydrogens (primary N) is 1. The first-order chi connectivity index (χ1) is 9.18. The Morgan fingerprint density at radius 1 is 1.21 bits per heavy atom. The van der Waals surface area contributed by atoms with E-state index in [0.717, 1.165) is 15.8 Å². The summed E-state index contributed by atoms with van der Waals surface area (Å²) in [6.07, 6.45) is 3.32. The number of ketones is 1. The number of thiophene rings is 1. The molecular weight excluding hydrogens is 258 g/mol. The molecule has 3 rings (SSSR count). The van der Waals surface area contributed by atoms with E-state index in [1.165, 1.54) is 11.3 Å². The number of anilines is 1. The van der Waals surface area contributed by atoms with Crippen LogP contribution in [-0.4, -0.2) is 15.8 Å². The first-order valence-corrected chi connectivity index (χ1v) is 6.59. The number of carbonyl (C=O) groups is 1. The third kappa shape index (κ3) is 1.88. The van der Waals surface area contributed by atoms with Crippen LogP contribution in [0.5, 0.6) is 0 Å². The summed E-state index contributed by atoms with van der Waals surface area (Å²) >= 11 is 1.32. The standard InChI is InChI=1S/C14H11N3OS/c1-8-5-7-17-14-10(8)11(15)13(19-14)12(18)9-4-2-3-6-16-9/h2-7H,15H2,1H3. The second kappa shape index (κ2) is 4.44. The van der Waals surface area contributed by atoms with E-state index in [4.69, 9.17) is 5.73 Å². The molecule has 0 spiro atoms.